The number of unbranched alkanes of at least 4 members (excludes halogenated alkanes) is 1. The predicted molar refractivity (Wildman–Crippen MR) is 59.2 cm³/mol. The third-order valence-electron chi connectivity index (χ3n) is 2.31. The molecule has 0 amide bonds. The first-order valence-corrected chi connectivity index (χ1v) is 5.13. The van der Waals surface area contributed by atoms with E-state index in [4.69, 9.17) is 9.84 Å². The summed E-state index contributed by atoms with van der Waals surface area (Å²) in [5.41, 5.74) is -0.261. The number of nitro groups is 1. The van der Waals surface area contributed by atoms with Crippen molar-refractivity contribution in [2.24, 2.45) is 0 Å². The molecule has 1 aromatic rings. The molecule has 1 N–H and O–H groups in total. The minimum absolute atomic E-state index is 0.0610. The quantitative estimate of drug-likeness (QED) is 0.444. The van der Waals surface area contributed by atoms with Crippen LogP contribution < -0.4 is 0 Å². The Morgan fingerprint density at radius 2 is 2.29 bits per heavy atom. The second-order valence-electron chi connectivity index (χ2n) is 3.54. The molecule has 0 radical (unpaired) electrons. The Balaban J connectivity index is 2.74. The van der Waals surface area contributed by atoms with Gasteiger partial charge in [-0.1, -0.05) is 0 Å². The Kier molecular flexibility index (Phi) is 4.65. The molecule has 1 rings (SSSR count). The molecule has 0 aliphatic heterocycles. The monoisotopic (exact) mass is 242 g/mol. The van der Waals surface area contributed by atoms with Crippen molar-refractivity contribution in [1.82, 2.24) is 4.57 Å². The van der Waals surface area contributed by atoms with Gasteiger partial charge in [0, 0.05) is 26.3 Å². The molecular formula is C10H14N2O5. The topological polar surface area (TPSA) is 94.6 Å². The second kappa shape index (κ2) is 6.00. The van der Waals surface area contributed by atoms with Crippen LogP contribution in [0, 0.1) is 10.1 Å². The van der Waals surface area contributed by atoms with Crippen molar-refractivity contribution in [2.45, 2.75) is 19.4 Å². The molecule has 1 heterocycles. The van der Waals surface area contributed by atoms with Gasteiger partial charge < -0.3 is 14.4 Å². The SMILES string of the molecule is COCCCCn1cc([N+](=O)[O-])cc1C(=O)O. The van der Waals surface area contributed by atoms with E-state index in [0.717, 1.165) is 12.5 Å². The van der Waals surface area contributed by atoms with Gasteiger partial charge in [-0.3, -0.25) is 10.1 Å². The maximum Gasteiger partial charge on any atom is 0.352 e. The van der Waals surface area contributed by atoms with Gasteiger partial charge in [-0.25, -0.2) is 4.79 Å². The standard InChI is InChI=1S/C10H14N2O5/c1-17-5-3-2-4-11-7-8(12(15)16)6-9(11)10(13)14/h6-7H,2-5H2,1H3,(H,13,14). The van der Waals surface area contributed by atoms with E-state index in [0.29, 0.717) is 19.6 Å². The number of carboxylic acids is 1. The summed E-state index contributed by atoms with van der Waals surface area (Å²) < 4.78 is 6.25. The van der Waals surface area contributed by atoms with Crippen molar-refractivity contribution >= 4 is 11.7 Å². The number of carboxylic acid groups (broad SMARTS) is 1. The van der Waals surface area contributed by atoms with Crippen LogP contribution in [-0.4, -0.2) is 34.3 Å². The fourth-order valence-corrected chi connectivity index (χ4v) is 1.49. The lowest BCUT2D eigenvalue weighted by atomic mass is 10.3. The third kappa shape index (κ3) is 3.56. The van der Waals surface area contributed by atoms with Gasteiger partial charge in [0.2, 0.25) is 0 Å². The van der Waals surface area contributed by atoms with Crippen LogP contribution in [-0.2, 0) is 11.3 Å². The number of aromatic carboxylic acids is 1. The van der Waals surface area contributed by atoms with Crippen molar-refractivity contribution in [3.63, 3.8) is 0 Å². The van der Waals surface area contributed by atoms with E-state index in [-0.39, 0.29) is 11.4 Å². The molecule has 7 nitrogen and oxygen atoms in total. The highest BCUT2D eigenvalue weighted by atomic mass is 16.6. The number of rotatable bonds is 7. The van der Waals surface area contributed by atoms with E-state index in [9.17, 15) is 14.9 Å². The molecule has 0 bridgehead atoms. The Morgan fingerprint density at radius 1 is 1.59 bits per heavy atom. The molecule has 94 valence electrons. The number of hydrogen-bond acceptors (Lipinski definition) is 4. The van der Waals surface area contributed by atoms with E-state index < -0.39 is 10.9 Å². The minimum atomic E-state index is -1.16. The van der Waals surface area contributed by atoms with Gasteiger partial charge in [-0.05, 0) is 12.8 Å². The Bertz CT molecular complexity index is 413. The summed E-state index contributed by atoms with van der Waals surface area (Å²) >= 11 is 0. The first kappa shape index (κ1) is 13.2. The van der Waals surface area contributed by atoms with Gasteiger partial charge >= 0.3 is 5.97 Å². The van der Waals surface area contributed by atoms with Crippen molar-refractivity contribution in [3.8, 4) is 0 Å². The van der Waals surface area contributed by atoms with Gasteiger partial charge in [0.1, 0.15) is 5.69 Å². The predicted octanol–water partition coefficient (Wildman–Crippen LogP) is 1.52. The first-order valence-electron chi connectivity index (χ1n) is 5.13. The summed E-state index contributed by atoms with van der Waals surface area (Å²) in [6.07, 6.45) is 2.73. The van der Waals surface area contributed by atoms with Crippen LogP contribution in [0.25, 0.3) is 0 Å². The minimum Gasteiger partial charge on any atom is -0.477 e. The number of aryl methyl sites for hydroxylation is 1. The fourth-order valence-electron chi connectivity index (χ4n) is 1.49. The van der Waals surface area contributed by atoms with Crippen LogP contribution in [0.15, 0.2) is 12.3 Å². The van der Waals surface area contributed by atoms with Gasteiger partial charge in [0.15, 0.2) is 0 Å². The molecule has 0 saturated carbocycles. The van der Waals surface area contributed by atoms with Crippen LogP contribution in [0.5, 0.6) is 0 Å². The molecular weight excluding hydrogens is 228 g/mol. The smallest absolute Gasteiger partial charge is 0.352 e. The molecule has 7 heteroatoms. The number of ether oxygens (including phenoxy) is 1. The van der Waals surface area contributed by atoms with Crippen LogP contribution >= 0.6 is 0 Å². The van der Waals surface area contributed by atoms with Crippen LogP contribution in [0.1, 0.15) is 23.3 Å². The van der Waals surface area contributed by atoms with Crippen molar-refractivity contribution in [2.75, 3.05) is 13.7 Å². The van der Waals surface area contributed by atoms with Crippen LogP contribution in [0.4, 0.5) is 5.69 Å². The zero-order valence-corrected chi connectivity index (χ0v) is 9.46. The molecule has 0 spiro atoms. The lowest BCUT2D eigenvalue weighted by molar-refractivity contribution is -0.384. The number of methoxy groups -OCH3 is 1. The highest BCUT2D eigenvalue weighted by Crippen LogP contribution is 2.17. The van der Waals surface area contributed by atoms with Crippen LogP contribution in [0.3, 0.4) is 0 Å². The summed E-state index contributed by atoms with van der Waals surface area (Å²) in [5, 5.41) is 19.4. The van der Waals surface area contributed by atoms with E-state index in [1.54, 1.807) is 7.11 Å². The van der Waals surface area contributed by atoms with Crippen LogP contribution in [0.2, 0.25) is 0 Å². The normalized spacial score (nSPS) is 10.4. The number of nitrogens with zero attached hydrogens (tertiary/aromatic N) is 2. The number of hydrogen-bond donors (Lipinski definition) is 1. The Morgan fingerprint density at radius 3 is 2.82 bits per heavy atom. The molecule has 0 unspecified atom stereocenters. The second-order valence-corrected chi connectivity index (χ2v) is 3.54. The lowest BCUT2D eigenvalue weighted by Gasteiger charge is -2.04. The van der Waals surface area contributed by atoms with Crippen molar-refractivity contribution in [1.29, 1.82) is 0 Å². The average Bonchev–Trinajstić information content (AvgIpc) is 2.68. The molecule has 0 fully saturated rings. The molecule has 0 aromatic carbocycles. The molecule has 0 saturated heterocycles. The summed E-state index contributed by atoms with van der Waals surface area (Å²) in [4.78, 5) is 20.8. The van der Waals surface area contributed by atoms with Gasteiger partial charge in [-0.15, -0.1) is 0 Å². The summed E-state index contributed by atoms with van der Waals surface area (Å²) in [5.74, 6) is -1.16. The Hall–Kier alpha value is -1.89. The zero-order chi connectivity index (χ0) is 12.8. The van der Waals surface area contributed by atoms with E-state index in [2.05, 4.69) is 0 Å². The lowest BCUT2D eigenvalue weighted by Crippen LogP contribution is -2.08. The molecule has 0 aliphatic carbocycles. The van der Waals surface area contributed by atoms with E-state index >= 15 is 0 Å². The van der Waals surface area contributed by atoms with Gasteiger partial charge in [0.05, 0.1) is 11.1 Å². The maximum absolute atomic E-state index is 10.9. The summed E-state index contributed by atoms with van der Waals surface area (Å²) in [6, 6.07) is 1.07. The third-order valence-corrected chi connectivity index (χ3v) is 2.31. The maximum atomic E-state index is 10.9. The van der Waals surface area contributed by atoms with Gasteiger partial charge in [0.25, 0.3) is 5.69 Å². The molecule has 0 atom stereocenters. The molecule has 17 heavy (non-hydrogen) atoms. The van der Waals surface area contributed by atoms with Crippen molar-refractivity contribution < 1.29 is 19.6 Å². The summed E-state index contributed by atoms with van der Waals surface area (Å²) in [7, 11) is 1.59. The van der Waals surface area contributed by atoms with Crippen molar-refractivity contribution in [3.05, 3.63) is 28.1 Å². The van der Waals surface area contributed by atoms with E-state index in [1.807, 2.05) is 0 Å². The number of aromatic nitrogens is 1. The zero-order valence-electron chi connectivity index (χ0n) is 9.46. The highest BCUT2D eigenvalue weighted by molar-refractivity contribution is 5.86. The molecule has 1 aromatic heterocycles. The van der Waals surface area contributed by atoms with Gasteiger partial charge in [-0.2, -0.15) is 0 Å². The molecule has 0 aliphatic rings. The average molecular weight is 242 g/mol. The van der Waals surface area contributed by atoms with E-state index in [1.165, 1.54) is 10.8 Å². The first-order chi connectivity index (χ1) is 8.06. The number of carbonyl (C=O) groups is 1. The largest absolute Gasteiger partial charge is 0.477 e. The Labute approximate surface area is 97.8 Å². The summed E-state index contributed by atoms with van der Waals surface area (Å²) in [6.45, 7) is 1.02. The fraction of sp³-hybridized carbons (Fsp3) is 0.500. The highest BCUT2D eigenvalue weighted by Gasteiger charge is 2.18.